The highest BCUT2D eigenvalue weighted by Gasteiger charge is 2.25. The molecule has 0 unspecified atom stereocenters. The molecule has 0 saturated heterocycles. The van der Waals surface area contributed by atoms with Gasteiger partial charge in [-0.1, -0.05) is 0 Å². The van der Waals surface area contributed by atoms with Crippen LogP contribution in [0.25, 0.3) is 0 Å². The van der Waals surface area contributed by atoms with Crippen molar-refractivity contribution in [3.8, 4) is 6.07 Å². The molecule has 0 spiro atoms. The number of sulfonamides is 1. The maximum absolute atomic E-state index is 12.2. The lowest BCUT2D eigenvalue weighted by Crippen LogP contribution is -2.24. The van der Waals surface area contributed by atoms with Gasteiger partial charge in [-0.05, 0) is 37.3 Å². The number of hydrogen-bond acceptors (Lipinski definition) is 6. The van der Waals surface area contributed by atoms with Crippen LogP contribution >= 0.6 is 0 Å². The van der Waals surface area contributed by atoms with Gasteiger partial charge in [-0.3, -0.25) is 0 Å². The Hall–Kier alpha value is -1.50. The molecule has 0 fully saturated rings. The zero-order valence-electron chi connectivity index (χ0n) is 11.2. The average molecular weight is 329 g/mol. The van der Waals surface area contributed by atoms with Gasteiger partial charge in [0.15, 0.2) is 14.9 Å². The molecular formula is C12H15N3O4S2. The van der Waals surface area contributed by atoms with Crippen LogP contribution in [0, 0.1) is 11.3 Å². The van der Waals surface area contributed by atoms with E-state index in [2.05, 4.69) is 4.98 Å². The van der Waals surface area contributed by atoms with Crippen LogP contribution in [0.1, 0.15) is 29.7 Å². The number of pyridine rings is 1. The molecule has 1 aliphatic rings. The molecule has 9 heteroatoms. The largest absolute Gasteiger partial charge is 0.240 e. The van der Waals surface area contributed by atoms with E-state index >= 15 is 0 Å². The van der Waals surface area contributed by atoms with Gasteiger partial charge in [0, 0.05) is 5.69 Å². The molecule has 1 aliphatic carbocycles. The fourth-order valence-corrected chi connectivity index (χ4v) is 4.94. The van der Waals surface area contributed by atoms with Crippen molar-refractivity contribution in [2.24, 2.45) is 5.14 Å². The number of nitriles is 1. The maximum Gasteiger partial charge on any atom is 0.210 e. The first-order chi connectivity index (χ1) is 9.73. The molecule has 0 atom stereocenters. The summed E-state index contributed by atoms with van der Waals surface area (Å²) < 4.78 is 46.3. The molecule has 0 bridgehead atoms. The first-order valence-electron chi connectivity index (χ1n) is 6.39. The van der Waals surface area contributed by atoms with E-state index in [9.17, 15) is 16.8 Å². The topological polar surface area (TPSA) is 131 Å². The third kappa shape index (κ3) is 3.78. The molecular weight excluding hydrogens is 314 g/mol. The monoisotopic (exact) mass is 329 g/mol. The predicted molar refractivity (Wildman–Crippen MR) is 75.6 cm³/mol. The molecule has 1 aromatic rings. The third-order valence-electron chi connectivity index (χ3n) is 3.32. The van der Waals surface area contributed by atoms with Crippen molar-refractivity contribution in [1.82, 2.24) is 4.98 Å². The Balaban J connectivity index is 2.45. The van der Waals surface area contributed by atoms with E-state index in [4.69, 9.17) is 10.4 Å². The van der Waals surface area contributed by atoms with Crippen LogP contribution in [-0.4, -0.2) is 33.3 Å². The molecule has 1 aromatic heterocycles. The van der Waals surface area contributed by atoms with Crippen molar-refractivity contribution < 1.29 is 16.8 Å². The highest BCUT2D eigenvalue weighted by molar-refractivity contribution is 7.94. The second-order valence-electron chi connectivity index (χ2n) is 4.95. The first kappa shape index (κ1) is 15.9. The van der Waals surface area contributed by atoms with Gasteiger partial charge in [-0.2, -0.15) is 5.26 Å². The number of rotatable bonds is 4. The quantitative estimate of drug-likeness (QED) is 0.820. The number of primary sulfonamides is 1. The molecule has 114 valence electrons. The minimum absolute atomic E-state index is 0.0370. The van der Waals surface area contributed by atoms with Crippen molar-refractivity contribution in [1.29, 1.82) is 5.26 Å². The summed E-state index contributed by atoms with van der Waals surface area (Å²) in [5, 5.41) is 13.6. The van der Waals surface area contributed by atoms with Gasteiger partial charge in [-0.25, -0.2) is 27.0 Å². The van der Waals surface area contributed by atoms with Crippen LogP contribution in [-0.2, 0) is 32.7 Å². The predicted octanol–water partition coefficient (Wildman–Crippen LogP) is -0.106. The lowest BCUT2D eigenvalue weighted by atomic mass is 9.95. The van der Waals surface area contributed by atoms with E-state index in [0.717, 1.165) is 24.8 Å². The van der Waals surface area contributed by atoms with Crippen LogP contribution in [0.4, 0.5) is 0 Å². The summed E-state index contributed by atoms with van der Waals surface area (Å²) in [5.41, 5.74) is 1.53. The van der Waals surface area contributed by atoms with Crippen LogP contribution in [0.15, 0.2) is 11.1 Å². The van der Waals surface area contributed by atoms with E-state index in [1.807, 2.05) is 6.07 Å². The second kappa shape index (κ2) is 5.71. The molecule has 21 heavy (non-hydrogen) atoms. The molecule has 2 N–H and O–H groups in total. The molecule has 2 rings (SSSR count). The SMILES string of the molecule is N#Cc1cc2c(nc1S(=O)(=O)CCS(N)(=O)=O)CCCC2. The molecule has 7 nitrogen and oxygen atoms in total. The number of fused-ring (bicyclic) bond motifs is 1. The summed E-state index contributed by atoms with van der Waals surface area (Å²) in [7, 11) is -7.85. The number of nitrogens with two attached hydrogens (primary N) is 1. The Morgan fingerprint density at radius 2 is 1.86 bits per heavy atom. The Labute approximate surface area is 123 Å². The minimum Gasteiger partial charge on any atom is -0.240 e. The Kier molecular flexibility index (Phi) is 4.32. The zero-order chi connectivity index (χ0) is 15.7. The molecule has 0 aliphatic heterocycles. The maximum atomic E-state index is 12.2. The van der Waals surface area contributed by atoms with Crippen LogP contribution in [0.5, 0.6) is 0 Å². The Morgan fingerprint density at radius 3 is 2.48 bits per heavy atom. The van der Waals surface area contributed by atoms with E-state index in [1.54, 1.807) is 6.07 Å². The van der Waals surface area contributed by atoms with Crippen molar-refractivity contribution in [3.63, 3.8) is 0 Å². The zero-order valence-corrected chi connectivity index (χ0v) is 12.9. The van der Waals surface area contributed by atoms with Gasteiger partial charge in [0.25, 0.3) is 0 Å². The normalized spacial score (nSPS) is 15.2. The molecule has 0 amide bonds. The summed E-state index contributed by atoms with van der Waals surface area (Å²) in [6, 6.07) is 3.37. The van der Waals surface area contributed by atoms with Crippen LogP contribution in [0.3, 0.4) is 0 Å². The molecule has 1 heterocycles. The fraction of sp³-hybridized carbons (Fsp3) is 0.500. The Morgan fingerprint density at radius 1 is 1.19 bits per heavy atom. The van der Waals surface area contributed by atoms with Gasteiger partial charge in [0.05, 0.1) is 17.1 Å². The van der Waals surface area contributed by atoms with E-state index in [-0.39, 0.29) is 10.6 Å². The summed E-state index contributed by atoms with van der Waals surface area (Å²) in [6.45, 7) is 0. The summed E-state index contributed by atoms with van der Waals surface area (Å²) in [5.74, 6) is -1.37. The van der Waals surface area contributed by atoms with Crippen LogP contribution in [0.2, 0.25) is 0 Å². The summed E-state index contributed by atoms with van der Waals surface area (Å²) in [6.07, 6.45) is 3.34. The number of aryl methyl sites for hydroxylation is 2. The van der Waals surface area contributed by atoms with Crippen molar-refractivity contribution in [3.05, 3.63) is 22.9 Å². The lowest BCUT2D eigenvalue weighted by Gasteiger charge is -2.16. The average Bonchev–Trinajstić information content (AvgIpc) is 2.43. The van der Waals surface area contributed by atoms with Crippen LogP contribution < -0.4 is 5.14 Å². The lowest BCUT2D eigenvalue weighted by molar-refractivity contribution is 0.583. The number of nitrogens with zero attached hydrogens (tertiary/aromatic N) is 2. The Bertz CT molecular complexity index is 808. The first-order valence-corrected chi connectivity index (χ1v) is 9.76. The third-order valence-corrected chi connectivity index (χ3v) is 5.99. The van der Waals surface area contributed by atoms with E-state index in [0.29, 0.717) is 12.1 Å². The summed E-state index contributed by atoms with van der Waals surface area (Å²) in [4.78, 5) is 4.11. The highest BCUT2D eigenvalue weighted by Crippen LogP contribution is 2.24. The van der Waals surface area contributed by atoms with Crippen molar-refractivity contribution >= 4 is 19.9 Å². The number of hydrogen-bond donors (Lipinski definition) is 1. The van der Waals surface area contributed by atoms with Crippen molar-refractivity contribution in [2.75, 3.05) is 11.5 Å². The number of sulfone groups is 1. The standard InChI is InChI=1S/C12H15N3O4S2/c13-8-10-7-9-3-1-2-4-11(9)15-12(10)20(16,17)5-6-21(14,18)19/h7H,1-6H2,(H2,14,18,19). The molecule has 0 aromatic carbocycles. The van der Waals surface area contributed by atoms with E-state index in [1.165, 1.54) is 0 Å². The van der Waals surface area contributed by atoms with E-state index < -0.39 is 31.4 Å². The highest BCUT2D eigenvalue weighted by atomic mass is 32.2. The minimum atomic E-state index is -3.96. The fourth-order valence-electron chi connectivity index (χ4n) is 2.25. The van der Waals surface area contributed by atoms with Gasteiger partial charge >= 0.3 is 0 Å². The van der Waals surface area contributed by atoms with Gasteiger partial charge in [0.1, 0.15) is 6.07 Å². The molecule has 0 radical (unpaired) electrons. The van der Waals surface area contributed by atoms with Gasteiger partial charge in [-0.15, -0.1) is 0 Å². The molecule has 0 saturated carbocycles. The smallest absolute Gasteiger partial charge is 0.210 e. The number of aromatic nitrogens is 1. The van der Waals surface area contributed by atoms with Gasteiger partial charge < -0.3 is 0 Å². The second-order valence-corrected chi connectivity index (χ2v) is 8.71. The van der Waals surface area contributed by atoms with Gasteiger partial charge in [0.2, 0.25) is 10.0 Å². The summed E-state index contributed by atoms with van der Waals surface area (Å²) >= 11 is 0. The van der Waals surface area contributed by atoms with Crippen molar-refractivity contribution in [2.45, 2.75) is 30.7 Å².